The average molecular weight is 425 g/mol. The van der Waals surface area contributed by atoms with Gasteiger partial charge in [-0.25, -0.2) is 4.98 Å². The van der Waals surface area contributed by atoms with Crippen LogP contribution in [0.3, 0.4) is 0 Å². The first-order valence-corrected chi connectivity index (χ1v) is 10.2. The molecule has 1 aliphatic heterocycles. The van der Waals surface area contributed by atoms with E-state index in [-0.39, 0.29) is 34.2 Å². The molecule has 1 saturated heterocycles. The zero-order valence-corrected chi connectivity index (χ0v) is 17.2. The second-order valence-corrected chi connectivity index (χ2v) is 7.92. The van der Waals surface area contributed by atoms with Crippen molar-refractivity contribution in [2.24, 2.45) is 0 Å². The molecule has 1 unspecified atom stereocenters. The summed E-state index contributed by atoms with van der Waals surface area (Å²) in [5, 5.41) is 14.5. The Labute approximate surface area is 171 Å². The van der Waals surface area contributed by atoms with Crippen LogP contribution in [0.5, 0.6) is 0 Å². The molecule has 8 nitrogen and oxygen atoms in total. The number of amides is 1. The number of carbonyl (C=O) groups excluding carboxylic acids is 1. The highest BCUT2D eigenvalue weighted by atomic mass is 35.5. The number of carbonyl (C=O) groups is 1. The van der Waals surface area contributed by atoms with Crippen molar-refractivity contribution < 1.29 is 14.5 Å². The van der Waals surface area contributed by atoms with E-state index in [1.165, 1.54) is 30.0 Å². The highest BCUT2D eigenvalue weighted by Gasteiger charge is 2.21. The summed E-state index contributed by atoms with van der Waals surface area (Å²) in [5.74, 6) is -0.199. The maximum atomic E-state index is 12.3. The van der Waals surface area contributed by atoms with Crippen molar-refractivity contribution in [3.05, 3.63) is 44.7 Å². The SMILES string of the molecule is Cc1nc(SCC(=O)Nc2cc([N+](=O)[O-])ccc2Cl)n(CC2CCCO2)c1C. The number of hydrogen-bond donors (Lipinski definition) is 1. The van der Waals surface area contributed by atoms with Crippen LogP contribution in [0.15, 0.2) is 23.4 Å². The molecule has 0 aliphatic carbocycles. The molecule has 0 radical (unpaired) electrons. The molecule has 3 rings (SSSR count). The van der Waals surface area contributed by atoms with Crippen LogP contribution in [0.1, 0.15) is 24.2 Å². The Kier molecular flexibility index (Phi) is 6.58. The molecule has 1 aromatic carbocycles. The number of imidazole rings is 1. The largest absolute Gasteiger partial charge is 0.376 e. The lowest BCUT2D eigenvalue weighted by Gasteiger charge is -2.14. The van der Waals surface area contributed by atoms with Gasteiger partial charge in [-0.1, -0.05) is 23.4 Å². The lowest BCUT2D eigenvalue weighted by atomic mass is 10.2. The van der Waals surface area contributed by atoms with Crippen LogP contribution in [0.2, 0.25) is 5.02 Å². The van der Waals surface area contributed by atoms with E-state index in [4.69, 9.17) is 16.3 Å². The number of nitrogens with one attached hydrogen (secondary N) is 1. The van der Waals surface area contributed by atoms with Crippen molar-refractivity contribution in [2.75, 3.05) is 17.7 Å². The number of aryl methyl sites for hydroxylation is 1. The van der Waals surface area contributed by atoms with E-state index >= 15 is 0 Å². The average Bonchev–Trinajstić information content (AvgIpc) is 3.25. The van der Waals surface area contributed by atoms with Crippen molar-refractivity contribution in [2.45, 2.75) is 44.5 Å². The van der Waals surface area contributed by atoms with Gasteiger partial charge >= 0.3 is 0 Å². The standard InChI is InChI=1S/C18H21ClN4O4S/c1-11-12(2)22(9-14-4-3-7-27-14)18(20-11)28-10-17(24)21-16-8-13(23(25)26)5-6-15(16)19/h5-6,8,14H,3-4,7,9-10H2,1-2H3,(H,21,24). The van der Waals surface area contributed by atoms with E-state index < -0.39 is 4.92 Å². The molecular formula is C18H21ClN4O4S. The number of hydrogen-bond acceptors (Lipinski definition) is 6. The number of benzene rings is 1. The molecule has 1 aliphatic rings. The van der Waals surface area contributed by atoms with Gasteiger partial charge in [0.15, 0.2) is 5.16 Å². The third kappa shape index (κ3) is 4.84. The van der Waals surface area contributed by atoms with Crippen LogP contribution in [0, 0.1) is 24.0 Å². The van der Waals surface area contributed by atoms with Gasteiger partial charge in [0, 0.05) is 24.4 Å². The molecule has 0 bridgehead atoms. The Morgan fingerprint density at radius 1 is 1.50 bits per heavy atom. The first-order chi connectivity index (χ1) is 13.3. The van der Waals surface area contributed by atoms with Gasteiger partial charge in [0.25, 0.3) is 5.69 Å². The van der Waals surface area contributed by atoms with Crippen LogP contribution in [0.25, 0.3) is 0 Å². The van der Waals surface area contributed by atoms with Crippen LogP contribution in [-0.4, -0.2) is 38.8 Å². The Balaban J connectivity index is 1.65. The molecule has 0 saturated carbocycles. The van der Waals surface area contributed by atoms with E-state index in [0.717, 1.165) is 36.0 Å². The van der Waals surface area contributed by atoms with Crippen molar-refractivity contribution in [3.63, 3.8) is 0 Å². The summed E-state index contributed by atoms with van der Waals surface area (Å²) < 4.78 is 7.80. The number of nitro groups is 1. The van der Waals surface area contributed by atoms with Crippen LogP contribution in [-0.2, 0) is 16.1 Å². The Bertz CT molecular complexity index is 896. The van der Waals surface area contributed by atoms with E-state index in [2.05, 4.69) is 14.9 Å². The number of ether oxygens (including phenoxy) is 1. The molecule has 10 heteroatoms. The molecule has 2 heterocycles. The topological polar surface area (TPSA) is 99.3 Å². The molecule has 1 N–H and O–H groups in total. The van der Waals surface area contributed by atoms with Crippen molar-refractivity contribution >= 4 is 40.6 Å². The number of thioether (sulfide) groups is 1. The van der Waals surface area contributed by atoms with E-state index in [0.29, 0.717) is 6.54 Å². The second kappa shape index (κ2) is 8.93. The number of anilines is 1. The number of non-ortho nitro benzene ring substituents is 1. The summed E-state index contributed by atoms with van der Waals surface area (Å²) in [6.45, 7) is 5.44. The van der Waals surface area contributed by atoms with Crippen LogP contribution in [0.4, 0.5) is 11.4 Å². The molecule has 150 valence electrons. The fourth-order valence-corrected chi connectivity index (χ4v) is 4.05. The number of nitro benzene ring substituents is 1. The summed E-state index contributed by atoms with van der Waals surface area (Å²) in [6, 6.07) is 3.93. The van der Waals surface area contributed by atoms with E-state index in [1.54, 1.807) is 0 Å². The zero-order valence-electron chi connectivity index (χ0n) is 15.6. The van der Waals surface area contributed by atoms with Gasteiger partial charge in [0.2, 0.25) is 5.91 Å². The summed E-state index contributed by atoms with van der Waals surface area (Å²) in [7, 11) is 0. The molecule has 0 spiro atoms. The Hall–Kier alpha value is -2.10. The maximum absolute atomic E-state index is 12.3. The van der Waals surface area contributed by atoms with Crippen LogP contribution >= 0.6 is 23.4 Å². The molecule has 1 aromatic heterocycles. The number of halogens is 1. The van der Waals surface area contributed by atoms with Gasteiger partial charge in [0.1, 0.15) is 0 Å². The lowest BCUT2D eigenvalue weighted by molar-refractivity contribution is -0.384. The normalized spacial score (nSPS) is 16.3. The third-order valence-electron chi connectivity index (χ3n) is 4.60. The van der Waals surface area contributed by atoms with Crippen molar-refractivity contribution in [3.8, 4) is 0 Å². The van der Waals surface area contributed by atoms with Gasteiger partial charge in [-0.2, -0.15) is 0 Å². The predicted octanol–water partition coefficient (Wildman–Crippen LogP) is 3.97. The Morgan fingerprint density at radius 2 is 2.29 bits per heavy atom. The van der Waals surface area contributed by atoms with Gasteiger partial charge in [-0.15, -0.1) is 0 Å². The van der Waals surface area contributed by atoms with Gasteiger partial charge in [-0.05, 0) is 32.8 Å². The molecule has 1 atom stereocenters. The number of nitrogens with zero attached hydrogens (tertiary/aromatic N) is 3. The minimum Gasteiger partial charge on any atom is -0.376 e. The summed E-state index contributed by atoms with van der Waals surface area (Å²) in [6.07, 6.45) is 2.25. The van der Waals surface area contributed by atoms with Gasteiger partial charge < -0.3 is 14.6 Å². The second-order valence-electron chi connectivity index (χ2n) is 6.57. The quantitative estimate of drug-likeness (QED) is 0.410. The fourth-order valence-electron chi connectivity index (χ4n) is 2.98. The van der Waals surface area contributed by atoms with Gasteiger partial charge in [-0.3, -0.25) is 14.9 Å². The van der Waals surface area contributed by atoms with E-state index in [1.807, 2.05) is 13.8 Å². The molecule has 1 fully saturated rings. The van der Waals surface area contributed by atoms with E-state index in [9.17, 15) is 14.9 Å². The summed E-state index contributed by atoms with van der Waals surface area (Å²) in [5.41, 5.74) is 2.06. The summed E-state index contributed by atoms with van der Waals surface area (Å²) >= 11 is 7.35. The van der Waals surface area contributed by atoms with Crippen LogP contribution < -0.4 is 5.32 Å². The lowest BCUT2D eigenvalue weighted by Crippen LogP contribution is -2.18. The highest BCUT2D eigenvalue weighted by Crippen LogP contribution is 2.28. The minimum atomic E-state index is -0.534. The monoisotopic (exact) mass is 424 g/mol. The molecule has 1 amide bonds. The summed E-state index contributed by atoms with van der Waals surface area (Å²) in [4.78, 5) is 27.3. The highest BCUT2D eigenvalue weighted by molar-refractivity contribution is 7.99. The number of rotatable bonds is 7. The minimum absolute atomic E-state index is 0.112. The smallest absolute Gasteiger partial charge is 0.271 e. The predicted molar refractivity (Wildman–Crippen MR) is 108 cm³/mol. The Morgan fingerprint density at radius 3 is 2.96 bits per heavy atom. The van der Waals surface area contributed by atoms with Crippen molar-refractivity contribution in [1.29, 1.82) is 0 Å². The zero-order chi connectivity index (χ0) is 20.3. The van der Waals surface area contributed by atoms with Crippen molar-refractivity contribution in [1.82, 2.24) is 9.55 Å². The molecule has 2 aromatic rings. The maximum Gasteiger partial charge on any atom is 0.271 e. The first-order valence-electron chi connectivity index (χ1n) is 8.87. The third-order valence-corrected chi connectivity index (χ3v) is 5.91. The number of aromatic nitrogens is 2. The molecular weight excluding hydrogens is 404 g/mol. The fraction of sp³-hybridized carbons (Fsp3) is 0.444. The van der Waals surface area contributed by atoms with Gasteiger partial charge in [0.05, 0.1) is 39.7 Å². The first kappa shape index (κ1) is 20.6. The molecule has 28 heavy (non-hydrogen) atoms.